The van der Waals surface area contributed by atoms with Crippen LogP contribution in [-0.2, 0) is 0 Å². The Bertz CT molecular complexity index is 367. The minimum Gasteiger partial charge on any atom is -0.393 e. The second kappa shape index (κ2) is 3.90. The molecule has 86 valence electrons. The van der Waals surface area contributed by atoms with Gasteiger partial charge in [0.1, 0.15) is 5.82 Å². The number of aliphatic hydroxyl groups excluding tert-OH is 1. The quantitative estimate of drug-likeness (QED) is 0.815. The third-order valence-electron chi connectivity index (χ3n) is 3.68. The number of rotatable bonds is 1. The number of hydrogen-bond donors (Lipinski definition) is 1. The van der Waals surface area contributed by atoms with Crippen LogP contribution in [0.25, 0.3) is 0 Å². The summed E-state index contributed by atoms with van der Waals surface area (Å²) in [6.45, 7) is 0. The topological polar surface area (TPSA) is 36.4 Å². The SMILES string of the molecule is OC1CC2CCC(C1)N2c1ccc(Cl)cn1. The van der Waals surface area contributed by atoms with E-state index in [2.05, 4.69) is 9.88 Å². The Hall–Kier alpha value is -0.800. The van der Waals surface area contributed by atoms with E-state index in [1.54, 1.807) is 6.20 Å². The Morgan fingerprint density at radius 3 is 2.50 bits per heavy atom. The van der Waals surface area contributed by atoms with E-state index in [1.165, 1.54) is 12.8 Å². The summed E-state index contributed by atoms with van der Waals surface area (Å²) in [5, 5.41) is 10.4. The van der Waals surface area contributed by atoms with Gasteiger partial charge in [-0.05, 0) is 37.8 Å². The second-order valence-corrected chi connectivity index (χ2v) is 5.19. The van der Waals surface area contributed by atoms with Crippen LogP contribution >= 0.6 is 11.6 Å². The van der Waals surface area contributed by atoms with Crippen LogP contribution in [0.2, 0.25) is 5.02 Å². The summed E-state index contributed by atoms with van der Waals surface area (Å²) in [5.74, 6) is 1.00. The molecule has 0 radical (unpaired) electrons. The highest BCUT2D eigenvalue weighted by atomic mass is 35.5. The zero-order chi connectivity index (χ0) is 11.1. The number of fused-ring (bicyclic) bond motifs is 2. The molecule has 2 bridgehead atoms. The number of aromatic nitrogens is 1. The Labute approximate surface area is 100 Å². The monoisotopic (exact) mass is 238 g/mol. The Kier molecular flexibility index (Phi) is 2.52. The first-order chi connectivity index (χ1) is 7.74. The van der Waals surface area contributed by atoms with E-state index in [0.717, 1.165) is 18.7 Å². The number of anilines is 1. The lowest BCUT2D eigenvalue weighted by Gasteiger charge is -2.38. The number of aliphatic hydroxyl groups is 1. The lowest BCUT2D eigenvalue weighted by atomic mass is 10.00. The summed E-state index contributed by atoms with van der Waals surface area (Å²) in [4.78, 5) is 6.74. The normalized spacial score (nSPS) is 33.1. The fourth-order valence-corrected chi connectivity index (χ4v) is 3.15. The molecular weight excluding hydrogens is 224 g/mol. The van der Waals surface area contributed by atoms with E-state index in [-0.39, 0.29) is 6.10 Å². The predicted molar refractivity (Wildman–Crippen MR) is 63.8 cm³/mol. The smallest absolute Gasteiger partial charge is 0.129 e. The van der Waals surface area contributed by atoms with E-state index in [4.69, 9.17) is 11.6 Å². The summed E-state index contributed by atoms with van der Waals surface area (Å²) in [5.41, 5.74) is 0. The van der Waals surface area contributed by atoms with E-state index >= 15 is 0 Å². The maximum Gasteiger partial charge on any atom is 0.129 e. The van der Waals surface area contributed by atoms with Crippen molar-refractivity contribution in [1.29, 1.82) is 0 Å². The van der Waals surface area contributed by atoms with Gasteiger partial charge >= 0.3 is 0 Å². The van der Waals surface area contributed by atoms with Gasteiger partial charge in [-0.1, -0.05) is 11.6 Å². The first-order valence-corrected chi connectivity index (χ1v) is 6.20. The molecule has 2 unspecified atom stereocenters. The lowest BCUT2D eigenvalue weighted by molar-refractivity contribution is 0.126. The second-order valence-electron chi connectivity index (χ2n) is 4.75. The standard InChI is InChI=1S/C12H15ClN2O/c13-8-1-4-12(14-7-8)15-9-2-3-10(15)6-11(16)5-9/h1,4,7,9-11,16H,2-3,5-6H2. The van der Waals surface area contributed by atoms with Gasteiger partial charge in [-0.25, -0.2) is 4.98 Å². The molecule has 2 aliphatic rings. The number of piperidine rings is 1. The summed E-state index contributed by atoms with van der Waals surface area (Å²) in [6, 6.07) is 4.78. The van der Waals surface area contributed by atoms with E-state index in [0.29, 0.717) is 17.1 Å². The number of nitrogens with zero attached hydrogens (tertiary/aromatic N) is 2. The molecule has 2 atom stereocenters. The zero-order valence-corrected chi connectivity index (χ0v) is 9.77. The molecule has 0 saturated carbocycles. The third kappa shape index (κ3) is 1.68. The van der Waals surface area contributed by atoms with Gasteiger partial charge in [-0.2, -0.15) is 0 Å². The predicted octanol–water partition coefficient (Wildman–Crippen LogP) is 2.23. The van der Waals surface area contributed by atoms with Crippen molar-refractivity contribution in [3.05, 3.63) is 23.4 Å². The number of hydrogen-bond acceptors (Lipinski definition) is 3. The van der Waals surface area contributed by atoms with Gasteiger partial charge in [0.15, 0.2) is 0 Å². The van der Waals surface area contributed by atoms with Crippen molar-refractivity contribution in [2.75, 3.05) is 4.90 Å². The van der Waals surface area contributed by atoms with Gasteiger partial charge in [-0.15, -0.1) is 0 Å². The lowest BCUT2D eigenvalue weighted by Crippen LogP contribution is -2.45. The minimum absolute atomic E-state index is 0.124. The molecule has 0 amide bonds. The van der Waals surface area contributed by atoms with Crippen molar-refractivity contribution in [3.8, 4) is 0 Å². The van der Waals surface area contributed by atoms with Crippen molar-refractivity contribution in [2.24, 2.45) is 0 Å². The van der Waals surface area contributed by atoms with Crippen LogP contribution in [-0.4, -0.2) is 28.3 Å². The van der Waals surface area contributed by atoms with E-state index < -0.39 is 0 Å². The van der Waals surface area contributed by atoms with Crippen LogP contribution in [0.1, 0.15) is 25.7 Å². The highest BCUT2D eigenvalue weighted by Gasteiger charge is 2.40. The molecule has 2 aliphatic heterocycles. The maximum absolute atomic E-state index is 9.73. The Morgan fingerprint density at radius 2 is 1.94 bits per heavy atom. The van der Waals surface area contributed by atoms with Gasteiger partial charge in [0.2, 0.25) is 0 Å². The van der Waals surface area contributed by atoms with Gasteiger partial charge in [0.25, 0.3) is 0 Å². The zero-order valence-electron chi connectivity index (χ0n) is 9.01. The Morgan fingerprint density at radius 1 is 1.25 bits per heavy atom. The molecule has 4 heteroatoms. The summed E-state index contributed by atoms with van der Waals surface area (Å²) >= 11 is 5.84. The van der Waals surface area contributed by atoms with Gasteiger partial charge < -0.3 is 10.0 Å². The van der Waals surface area contributed by atoms with Crippen LogP contribution in [0.4, 0.5) is 5.82 Å². The molecule has 3 heterocycles. The molecule has 1 aromatic rings. The minimum atomic E-state index is -0.124. The fraction of sp³-hybridized carbons (Fsp3) is 0.583. The molecule has 3 rings (SSSR count). The third-order valence-corrected chi connectivity index (χ3v) is 3.91. The molecule has 2 saturated heterocycles. The summed E-state index contributed by atoms with van der Waals surface area (Å²) < 4.78 is 0. The van der Waals surface area contributed by atoms with Crippen molar-refractivity contribution in [2.45, 2.75) is 43.9 Å². The summed E-state index contributed by atoms with van der Waals surface area (Å²) in [7, 11) is 0. The molecule has 16 heavy (non-hydrogen) atoms. The molecular formula is C12H15ClN2O. The highest BCUT2D eigenvalue weighted by molar-refractivity contribution is 6.30. The molecule has 0 aliphatic carbocycles. The summed E-state index contributed by atoms with van der Waals surface area (Å²) in [6.07, 6.45) is 5.67. The first-order valence-electron chi connectivity index (χ1n) is 5.82. The molecule has 0 spiro atoms. The molecule has 1 N–H and O–H groups in total. The van der Waals surface area contributed by atoms with Crippen molar-refractivity contribution >= 4 is 17.4 Å². The van der Waals surface area contributed by atoms with Crippen LogP contribution in [0.15, 0.2) is 18.3 Å². The van der Waals surface area contributed by atoms with Crippen LogP contribution < -0.4 is 4.90 Å². The van der Waals surface area contributed by atoms with Crippen LogP contribution in [0.3, 0.4) is 0 Å². The number of pyridine rings is 1. The highest BCUT2D eigenvalue weighted by Crippen LogP contribution is 2.38. The largest absolute Gasteiger partial charge is 0.393 e. The molecule has 3 nitrogen and oxygen atoms in total. The van der Waals surface area contributed by atoms with Gasteiger partial charge in [0.05, 0.1) is 11.1 Å². The maximum atomic E-state index is 9.73. The van der Waals surface area contributed by atoms with Crippen LogP contribution in [0.5, 0.6) is 0 Å². The molecule has 0 aromatic carbocycles. The number of halogens is 1. The van der Waals surface area contributed by atoms with Gasteiger partial charge in [-0.3, -0.25) is 0 Å². The van der Waals surface area contributed by atoms with Crippen molar-refractivity contribution in [3.63, 3.8) is 0 Å². The average Bonchev–Trinajstić information content (AvgIpc) is 2.54. The van der Waals surface area contributed by atoms with Crippen LogP contribution in [0, 0.1) is 0 Å². The van der Waals surface area contributed by atoms with E-state index in [1.807, 2.05) is 12.1 Å². The first kappa shape index (κ1) is 10.4. The molecule has 1 aromatic heterocycles. The Balaban J connectivity index is 1.88. The van der Waals surface area contributed by atoms with Crippen molar-refractivity contribution < 1.29 is 5.11 Å². The fourth-order valence-electron chi connectivity index (χ4n) is 3.04. The van der Waals surface area contributed by atoms with E-state index in [9.17, 15) is 5.11 Å². The van der Waals surface area contributed by atoms with Crippen molar-refractivity contribution in [1.82, 2.24) is 4.98 Å². The average molecular weight is 239 g/mol. The molecule has 2 fully saturated rings. The van der Waals surface area contributed by atoms with Gasteiger partial charge in [0, 0.05) is 18.3 Å².